The molecule has 1 amide bonds. The third kappa shape index (κ3) is 4.53. The predicted molar refractivity (Wildman–Crippen MR) is 83.3 cm³/mol. The van der Waals surface area contributed by atoms with Crippen molar-refractivity contribution in [3.05, 3.63) is 51.7 Å². The minimum atomic E-state index is -3.62. The number of amides is 1. The molecule has 21 heavy (non-hydrogen) atoms. The standard InChI is InChI=1S/C13H13ClN2O3S2/c14-10-3-1-4-11(9-10)21(18,19)16-7-6-15-13(17)12-5-2-8-20-12/h1-5,8-9,16H,6-7H2,(H,15,17). The molecule has 1 heterocycles. The lowest BCUT2D eigenvalue weighted by atomic mass is 10.4. The fourth-order valence-corrected chi connectivity index (χ4v) is 3.55. The number of thiophene rings is 1. The highest BCUT2D eigenvalue weighted by atomic mass is 35.5. The molecule has 0 saturated heterocycles. The summed E-state index contributed by atoms with van der Waals surface area (Å²) in [6.45, 7) is 0.308. The zero-order valence-electron chi connectivity index (χ0n) is 10.9. The first kappa shape index (κ1) is 16.0. The van der Waals surface area contributed by atoms with Crippen molar-refractivity contribution in [1.29, 1.82) is 0 Å². The van der Waals surface area contributed by atoms with Crippen molar-refractivity contribution in [3.63, 3.8) is 0 Å². The summed E-state index contributed by atoms with van der Waals surface area (Å²) >= 11 is 7.09. The molecule has 5 nitrogen and oxygen atoms in total. The van der Waals surface area contributed by atoms with Crippen LogP contribution in [-0.4, -0.2) is 27.4 Å². The fourth-order valence-electron chi connectivity index (χ4n) is 1.57. The van der Waals surface area contributed by atoms with Gasteiger partial charge in [0.05, 0.1) is 9.77 Å². The predicted octanol–water partition coefficient (Wildman–Crippen LogP) is 2.11. The van der Waals surface area contributed by atoms with Gasteiger partial charge in [0, 0.05) is 18.1 Å². The van der Waals surface area contributed by atoms with E-state index in [-0.39, 0.29) is 23.9 Å². The highest BCUT2D eigenvalue weighted by molar-refractivity contribution is 7.89. The summed E-state index contributed by atoms with van der Waals surface area (Å²) in [6.07, 6.45) is 0. The summed E-state index contributed by atoms with van der Waals surface area (Å²) in [6, 6.07) is 9.47. The number of rotatable bonds is 6. The first-order valence-corrected chi connectivity index (χ1v) is 8.80. The highest BCUT2D eigenvalue weighted by Crippen LogP contribution is 2.14. The van der Waals surface area contributed by atoms with E-state index >= 15 is 0 Å². The maximum atomic E-state index is 12.0. The van der Waals surface area contributed by atoms with E-state index in [0.29, 0.717) is 9.90 Å². The highest BCUT2D eigenvalue weighted by Gasteiger charge is 2.13. The topological polar surface area (TPSA) is 75.3 Å². The van der Waals surface area contributed by atoms with Gasteiger partial charge >= 0.3 is 0 Å². The Kier molecular flexibility index (Phi) is 5.35. The molecule has 0 aliphatic carbocycles. The van der Waals surface area contributed by atoms with Gasteiger partial charge in [0.2, 0.25) is 10.0 Å². The van der Waals surface area contributed by atoms with E-state index in [1.165, 1.54) is 23.5 Å². The second-order valence-corrected chi connectivity index (χ2v) is 7.24. The van der Waals surface area contributed by atoms with Gasteiger partial charge in [-0.3, -0.25) is 4.79 Å². The Labute approximate surface area is 132 Å². The Balaban J connectivity index is 1.84. The Morgan fingerprint density at radius 2 is 2.00 bits per heavy atom. The molecule has 0 aliphatic rings. The summed E-state index contributed by atoms with van der Waals surface area (Å²) < 4.78 is 26.4. The third-order valence-electron chi connectivity index (χ3n) is 2.55. The minimum absolute atomic E-state index is 0.0968. The molecule has 1 aromatic carbocycles. The summed E-state index contributed by atoms with van der Waals surface area (Å²) in [5.74, 6) is -0.216. The summed E-state index contributed by atoms with van der Waals surface area (Å²) in [5.41, 5.74) is 0. The van der Waals surface area contributed by atoms with E-state index in [1.54, 1.807) is 29.6 Å². The second-order valence-electron chi connectivity index (χ2n) is 4.09. The second kappa shape index (κ2) is 7.04. The van der Waals surface area contributed by atoms with Crippen LogP contribution in [0.25, 0.3) is 0 Å². The molecule has 2 rings (SSSR count). The number of sulfonamides is 1. The Bertz CT molecular complexity index is 715. The van der Waals surface area contributed by atoms with Crippen LogP contribution in [0.3, 0.4) is 0 Å². The van der Waals surface area contributed by atoms with E-state index in [4.69, 9.17) is 11.6 Å². The summed E-state index contributed by atoms with van der Waals surface area (Å²) in [7, 11) is -3.62. The van der Waals surface area contributed by atoms with Crippen molar-refractivity contribution in [2.75, 3.05) is 13.1 Å². The normalized spacial score (nSPS) is 11.3. The molecule has 2 N–H and O–H groups in total. The lowest BCUT2D eigenvalue weighted by Crippen LogP contribution is -2.34. The number of halogens is 1. The molecule has 0 atom stereocenters. The van der Waals surface area contributed by atoms with Crippen LogP contribution in [-0.2, 0) is 10.0 Å². The van der Waals surface area contributed by atoms with E-state index in [2.05, 4.69) is 10.0 Å². The molecule has 0 spiro atoms. The van der Waals surface area contributed by atoms with Crippen LogP contribution in [0, 0.1) is 0 Å². The number of hydrogen-bond donors (Lipinski definition) is 2. The van der Waals surface area contributed by atoms with Gasteiger partial charge in [-0.1, -0.05) is 23.7 Å². The van der Waals surface area contributed by atoms with Gasteiger partial charge in [0.1, 0.15) is 0 Å². The molecule has 0 aliphatic heterocycles. The van der Waals surface area contributed by atoms with Crippen molar-refractivity contribution >= 4 is 38.9 Å². The van der Waals surface area contributed by atoms with Crippen molar-refractivity contribution in [1.82, 2.24) is 10.0 Å². The van der Waals surface area contributed by atoms with E-state index in [0.717, 1.165) is 0 Å². The fraction of sp³-hybridized carbons (Fsp3) is 0.154. The van der Waals surface area contributed by atoms with Gasteiger partial charge in [-0.15, -0.1) is 11.3 Å². The van der Waals surface area contributed by atoms with Gasteiger partial charge in [-0.05, 0) is 29.6 Å². The zero-order valence-corrected chi connectivity index (χ0v) is 13.3. The molecule has 0 fully saturated rings. The summed E-state index contributed by atoms with van der Waals surface area (Å²) in [4.78, 5) is 12.3. The van der Waals surface area contributed by atoms with Gasteiger partial charge < -0.3 is 5.32 Å². The van der Waals surface area contributed by atoms with E-state index in [1.807, 2.05) is 0 Å². The molecule has 0 unspecified atom stereocenters. The van der Waals surface area contributed by atoms with Crippen molar-refractivity contribution in [2.45, 2.75) is 4.90 Å². The number of benzene rings is 1. The SMILES string of the molecule is O=C(NCCNS(=O)(=O)c1cccc(Cl)c1)c1cccs1. The smallest absolute Gasteiger partial charge is 0.261 e. The van der Waals surface area contributed by atoms with Crippen LogP contribution in [0.4, 0.5) is 0 Å². The molecular formula is C13H13ClN2O3S2. The molecule has 0 bridgehead atoms. The molecule has 8 heteroatoms. The zero-order chi connectivity index (χ0) is 15.3. The number of carbonyl (C=O) groups is 1. The maximum Gasteiger partial charge on any atom is 0.261 e. The number of hydrogen-bond acceptors (Lipinski definition) is 4. The van der Waals surface area contributed by atoms with Crippen molar-refractivity contribution in [2.24, 2.45) is 0 Å². The van der Waals surface area contributed by atoms with Crippen molar-refractivity contribution < 1.29 is 13.2 Å². The quantitative estimate of drug-likeness (QED) is 0.788. The first-order valence-electron chi connectivity index (χ1n) is 6.06. The third-order valence-corrected chi connectivity index (χ3v) is 5.12. The van der Waals surface area contributed by atoms with Gasteiger partial charge in [0.25, 0.3) is 5.91 Å². The van der Waals surface area contributed by atoms with Gasteiger partial charge in [-0.2, -0.15) is 0 Å². The molecule has 112 valence electrons. The Morgan fingerprint density at radius 1 is 1.19 bits per heavy atom. The number of carbonyl (C=O) groups excluding carboxylic acids is 1. The molecule has 2 aromatic rings. The average Bonchev–Trinajstić information content (AvgIpc) is 2.97. The van der Waals surface area contributed by atoms with Crippen LogP contribution in [0.1, 0.15) is 9.67 Å². The van der Waals surface area contributed by atoms with Crippen LogP contribution >= 0.6 is 22.9 Å². The lowest BCUT2D eigenvalue weighted by molar-refractivity contribution is 0.0958. The minimum Gasteiger partial charge on any atom is -0.350 e. The summed E-state index contributed by atoms with van der Waals surface area (Å²) in [5, 5.41) is 4.79. The van der Waals surface area contributed by atoms with E-state index in [9.17, 15) is 13.2 Å². The maximum absolute atomic E-state index is 12.0. The van der Waals surface area contributed by atoms with Crippen LogP contribution in [0.15, 0.2) is 46.7 Å². The van der Waals surface area contributed by atoms with Crippen molar-refractivity contribution in [3.8, 4) is 0 Å². The average molecular weight is 345 g/mol. The first-order chi connectivity index (χ1) is 9.99. The van der Waals surface area contributed by atoms with Gasteiger partial charge in [-0.25, -0.2) is 13.1 Å². The van der Waals surface area contributed by atoms with Gasteiger partial charge in [0.15, 0.2) is 0 Å². The molecule has 0 radical (unpaired) electrons. The Hall–Kier alpha value is -1.41. The molecular weight excluding hydrogens is 332 g/mol. The Morgan fingerprint density at radius 3 is 2.67 bits per heavy atom. The van der Waals surface area contributed by atoms with Crippen LogP contribution in [0.2, 0.25) is 5.02 Å². The molecule has 1 aromatic heterocycles. The molecule has 0 saturated carbocycles. The van der Waals surface area contributed by atoms with E-state index < -0.39 is 10.0 Å². The van der Waals surface area contributed by atoms with Crippen LogP contribution in [0.5, 0.6) is 0 Å². The lowest BCUT2D eigenvalue weighted by Gasteiger charge is -2.07. The number of nitrogens with one attached hydrogen (secondary N) is 2. The van der Waals surface area contributed by atoms with Crippen LogP contribution < -0.4 is 10.0 Å². The monoisotopic (exact) mass is 344 g/mol. The largest absolute Gasteiger partial charge is 0.350 e.